The SMILES string of the molecule is Nc1cc(CC(O)c2ncc(Cl)s2)ccn1. The molecule has 2 rings (SSSR count). The summed E-state index contributed by atoms with van der Waals surface area (Å²) < 4.78 is 0.572. The molecule has 0 fully saturated rings. The Morgan fingerprint density at radius 1 is 1.50 bits per heavy atom. The fourth-order valence-corrected chi connectivity index (χ4v) is 2.27. The lowest BCUT2D eigenvalue weighted by atomic mass is 10.1. The zero-order chi connectivity index (χ0) is 11.5. The molecule has 0 aromatic carbocycles. The van der Waals surface area contributed by atoms with Crippen molar-refractivity contribution >= 4 is 28.8 Å². The lowest BCUT2D eigenvalue weighted by molar-refractivity contribution is 0.178. The number of aliphatic hydroxyl groups excluding tert-OH is 1. The molecule has 16 heavy (non-hydrogen) atoms. The average molecular weight is 256 g/mol. The summed E-state index contributed by atoms with van der Waals surface area (Å²) in [5.41, 5.74) is 6.47. The van der Waals surface area contributed by atoms with E-state index in [4.69, 9.17) is 17.3 Å². The molecule has 6 heteroatoms. The van der Waals surface area contributed by atoms with Crippen molar-refractivity contribution in [1.29, 1.82) is 0 Å². The third-order valence-corrected chi connectivity index (χ3v) is 3.27. The van der Waals surface area contributed by atoms with Gasteiger partial charge in [-0.25, -0.2) is 9.97 Å². The van der Waals surface area contributed by atoms with Gasteiger partial charge in [0.05, 0.1) is 6.20 Å². The number of halogens is 1. The summed E-state index contributed by atoms with van der Waals surface area (Å²) >= 11 is 7.02. The molecule has 0 radical (unpaired) electrons. The normalized spacial score (nSPS) is 12.6. The molecule has 4 nitrogen and oxygen atoms in total. The van der Waals surface area contributed by atoms with Gasteiger partial charge in [0.2, 0.25) is 0 Å². The van der Waals surface area contributed by atoms with Crippen LogP contribution in [0.1, 0.15) is 16.7 Å². The first-order chi connectivity index (χ1) is 7.65. The van der Waals surface area contributed by atoms with E-state index in [9.17, 15) is 5.11 Å². The third-order valence-electron chi connectivity index (χ3n) is 2.05. The van der Waals surface area contributed by atoms with Crippen LogP contribution in [-0.2, 0) is 6.42 Å². The van der Waals surface area contributed by atoms with Crippen molar-refractivity contribution in [1.82, 2.24) is 9.97 Å². The molecule has 0 saturated heterocycles. The summed E-state index contributed by atoms with van der Waals surface area (Å²) in [7, 11) is 0. The minimum atomic E-state index is -0.653. The minimum absolute atomic E-state index is 0.446. The predicted octanol–water partition coefficient (Wildman–Crippen LogP) is 2.05. The van der Waals surface area contributed by atoms with Gasteiger partial charge in [-0.2, -0.15) is 0 Å². The standard InChI is InChI=1S/C10H10ClN3OS/c11-8-5-14-10(16-8)7(15)3-6-1-2-13-9(12)4-6/h1-2,4-5,7,15H,3H2,(H2,12,13). The quantitative estimate of drug-likeness (QED) is 0.881. The maximum atomic E-state index is 9.91. The van der Waals surface area contributed by atoms with Crippen LogP contribution in [0.3, 0.4) is 0 Å². The lowest BCUT2D eigenvalue weighted by Crippen LogP contribution is -2.02. The Labute approximate surface area is 102 Å². The Hall–Kier alpha value is -1.17. The number of nitrogens with two attached hydrogens (primary N) is 1. The molecule has 2 aromatic heterocycles. The highest BCUT2D eigenvalue weighted by Gasteiger charge is 2.12. The van der Waals surface area contributed by atoms with Gasteiger partial charge in [-0.1, -0.05) is 11.6 Å². The smallest absolute Gasteiger partial charge is 0.123 e. The third kappa shape index (κ3) is 2.69. The molecule has 0 aliphatic heterocycles. The highest BCUT2D eigenvalue weighted by molar-refractivity contribution is 7.15. The summed E-state index contributed by atoms with van der Waals surface area (Å²) in [6.45, 7) is 0. The predicted molar refractivity (Wildman–Crippen MR) is 64.4 cm³/mol. The van der Waals surface area contributed by atoms with E-state index >= 15 is 0 Å². The number of anilines is 1. The number of thiazole rings is 1. The van der Waals surface area contributed by atoms with Gasteiger partial charge in [-0.15, -0.1) is 11.3 Å². The molecule has 0 saturated carbocycles. The Bertz CT molecular complexity index is 488. The summed E-state index contributed by atoms with van der Waals surface area (Å²) in [6, 6.07) is 3.55. The van der Waals surface area contributed by atoms with E-state index in [1.807, 2.05) is 6.07 Å². The van der Waals surface area contributed by atoms with E-state index < -0.39 is 6.10 Å². The van der Waals surface area contributed by atoms with Gasteiger partial charge in [0.25, 0.3) is 0 Å². The van der Waals surface area contributed by atoms with Crippen LogP contribution in [-0.4, -0.2) is 15.1 Å². The number of hydrogen-bond donors (Lipinski definition) is 2. The Morgan fingerprint density at radius 2 is 2.31 bits per heavy atom. The van der Waals surface area contributed by atoms with Crippen molar-refractivity contribution in [3.8, 4) is 0 Å². The van der Waals surface area contributed by atoms with E-state index in [0.717, 1.165) is 5.56 Å². The Morgan fingerprint density at radius 3 is 2.94 bits per heavy atom. The Kier molecular flexibility index (Phi) is 3.38. The zero-order valence-electron chi connectivity index (χ0n) is 8.30. The Balaban J connectivity index is 2.10. The second kappa shape index (κ2) is 4.78. The van der Waals surface area contributed by atoms with Crippen LogP contribution in [0.5, 0.6) is 0 Å². The van der Waals surface area contributed by atoms with Gasteiger partial charge in [-0.3, -0.25) is 0 Å². The van der Waals surface area contributed by atoms with Crippen LogP contribution in [0.4, 0.5) is 5.82 Å². The van der Waals surface area contributed by atoms with Crippen LogP contribution >= 0.6 is 22.9 Å². The van der Waals surface area contributed by atoms with Crippen molar-refractivity contribution in [2.45, 2.75) is 12.5 Å². The van der Waals surface area contributed by atoms with Crippen LogP contribution in [0.15, 0.2) is 24.5 Å². The molecule has 1 atom stereocenters. The van der Waals surface area contributed by atoms with Crippen molar-refractivity contribution in [3.63, 3.8) is 0 Å². The molecular formula is C10H10ClN3OS. The molecule has 0 aliphatic carbocycles. The number of aliphatic hydroxyl groups is 1. The molecule has 3 N–H and O–H groups in total. The summed E-state index contributed by atoms with van der Waals surface area (Å²) in [5.74, 6) is 0.446. The second-order valence-corrected chi connectivity index (χ2v) is 5.01. The van der Waals surface area contributed by atoms with Crippen molar-refractivity contribution in [2.24, 2.45) is 0 Å². The van der Waals surface area contributed by atoms with Crippen LogP contribution < -0.4 is 5.73 Å². The zero-order valence-corrected chi connectivity index (χ0v) is 9.87. The largest absolute Gasteiger partial charge is 0.386 e. The number of pyridine rings is 1. The van der Waals surface area contributed by atoms with E-state index in [1.54, 1.807) is 12.3 Å². The van der Waals surface area contributed by atoms with Gasteiger partial charge >= 0.3 is 0 Å². The molecular weight excluding hydrogens is 246 g/mol. The number of aromatic nitrogens is 2. The summed E-state index contributed by atoms with van der Waals surface area (Å²) in [6.07, 6.45) is 2.95. The minimum Gasteiger partial charge on any atom is -0.386 e. The first-order valence-corrected chi connectivity index (χ1v) is 5.84. The molecule has 84 valence electrons. The molecule has 0 spiro atoms. The van der Waals surface area contributed by atoms with Gasteiger partial charge in [0, 0.05) is 12.6 Å². The monoisotopic (exact) mass is 255 g/mol. The molecule has 2 heterocycles. The average Bonchev–Trinajstić information content (AvgIpc) is 2.65. The number of nitrogen functional groups attached to an aromatic ring is 1. The van der Waals surface area contributed by atoms with Crippen LogP contribution in [0.2, 0.25) is 4.34 Å². The van der Waals surface area contributed by atoms with E-state index in [0.29, 0.717) is 21.6 Å². The van der Waals surface area contributed by atoms with Gasteiger partial charge in [-0.05, 0) is 17.7 Å². The molecule has 2 aromatic rings. The maximum Gasteiger partial charge on any atom is 0.123 e. The molecule has 0 aliphatic rings. The highest BCUT2D eigenvalue weighted by Crippen LogP contribution is 2.26. The lowest BCUT2D eigenvalue weighted by Gasteiger charge is -2.07. The van der Waals surface area contributed by atoms with Crippen molar-refractivity contribution in [3.05, 3.63) is 39.4 Å². The summed E-state index contributed by atoms with van der Waals surface area (Å²) in [5, 5.41) is 10.5. The second-order valence-electron chi connectivity index (χ2n) is 3.31. The first-order valence-electron chi connectivity index (χ1n) is 4.65. The molecule has 0 bridgehead atoms. The van der Waals surface area contributed by atoms with Gasteiger partial charge in [0.1, 0.15) is 21.3 Å². The highest BCUT2D eigenvalue weighted by atomic mass is 35.5. The fourth-order valence-electron chi connectivity index (χ4n) is 1.35. The number of hydrogen-bond acceptors (Lipinski definition) is 5. The topological polar surface area (TPSA) is 72.0 Å². The van der Waals surface area contributed by atoms with E-state index in [-0.39, 0.29) is 0 Å². The van der Waals surface area contributed by atoms with Crippen molar-refractivity contribution < 1.29 is 5.11 Å². The fraction of sp³-hybridized carbons (Fsp3) is 0.200. The summed E-state index contributed by atoms with van der Waals surface area (Å²) in [4.78, 5) is 7.91. The van der Waals surface area contributed by atoms with Gasteiger partial charge < -0.3 is 10.8 Å². The van der Waals surface area contributed by atoms with Gasteiger partial charge in [0.15, 0.2) is 0 Å². The van der Waals surface area contributed by atoms with Crippen LogP contribution in [0.25, 0.3) is 0 Å². The number of rotatable bonds is 3. The number of nitrogens with zero attached hydrogens (tertiary/aromatic N) is 2. The maximum absolute atomic E-state index is 9.91. The molecule has 1 unspecified atom stereocenters. The molecule has 0 amide bonds. The van der Waals surface area contributed by atoms with Crippen LogP contribution in [0, 0.1) is 0 Å². The van der Waals surface area contributed by atoms with E-state index in [2.05, 4.69) is 9.97 Å². The first kappa shape index (κ1) is 11.3. The van der Waals surface area contributed by atoms with E-state index in [1.165, 1.54) is 17.5 Å². The van der Waals surface area contributed by atoms with Crippen molar-refractivity contribution in [2.75, 3.05) is 5.73 Å².